The molecular formula is C19H20FN5O2S. The Hall–Kier alpha value is -3.07. The van der Waals surface area contributed by atoms with Crippen molar-refractivity contribution in [3.05, 3.63) is 65.2 Å². The zero-order valence-corrected chi connectivity index (χ0v) is 16.3. The first-order chi connectivity index (χ1) is 13.4. The number of anilines is 1. The van der Waals surface area contributed by atoms with Crippen molar-refractivity contribution >= 4 is 23.4 Å². The fourth-order valence-electron chi connectivity index (χ4n) is 2.49. The smallest absolute Gasteiger partial charge is 0.234 e. The highest BCUT2D eigenvalue weighted by Crippen LogP contribution is 2.21. The van der Waals surface area contributed by atoms with Crippen molar-refractivity contribution in [1.82, 2.24) is 14.9 Å². The van der Waals surface area contributed by atoms with E-state index in [1.165, 1.54) is 16.8 Å². The number of nitrogens with zero attached hydrogens (tertiary/aromatic N) is 3. The molecule has 0 saturated heterocycles. The highest BCUT2D eigenvalue weighted by Gasteiger charge is 2.14. The molecule has 0 aliphatic carbocycles. The van der Waals surface area contributed by atoms with Crippen LogP contribution >= 0.6 is 11.8 Å². The van der Waals surface area contributed by atoms with Crippen LogP contribution in [0.1, 0.15) is 17.0 Å². The number of aryl methyl sites for hydroxylation is 2. The number of para-hydroxylation sites is 1. The molecule has 3 N–H and O–H groups in total. The van der Waals surface area contributed by atoms with E-state index in [1.807, 2.05) is 32.0 Å². The van der Waals surface area contributed by atoms with Gasteiger partial charge in [-0.1, -0.05) is 41.6 Å². The van der Waals surface area contributed by atoms with Crippen LogP contribution in [0.25, 0.3) is 0 Å². The van der Waals surface area contributed by atoms with Crippen molar-refractivity contribution in [1.29, 1.82) is 0 Å². The number of carbonyl (C=O) groups is 1. The summed E-state index contributed by atoms with van der Waals surface area (Å²) in [6.45, 7) is 4.12. The van der Waals surface area contributed by atoms with E-state index in [4.69, 9.17) is 10.6 Å². The van der Waals surface area contributed by atoms with Gasteiger partial charge < -0.3 is 15.9 Å². The fourth-order valence-corrected chi connectivity index (χ4v) is 3.16. The molecule has 0 unspecified atom stereocenters. The van der Waals surface area contributed by atoms with Gasteiger partial charge in [-0.05, 0) is 37.6 Å². The zero-order valence-electron chi connectivity index (χ0n) is 15.5. The van der Waals surface area contributed by atoms with E-state index in [1.54, 1.807) is 12.1 Å². The predicted octanol–water partition coefficient (Wildman–Crippen LogP) is 3.06. The van der Waals surface area contributed by atoms with Gasteiger partial charge in [0.05, 0.1) is 11.4 Å². The molecule has 146 valence electrons. The zero-order chi connectivity index (χ0) is 20.1. The van der Waals surface area contributed by atoms with Crippen LogP contribution in [0.3, 0.4) is 0 Å². The number of hydrogen-bond donors (Lipinski definition) is 2. The number of rotatable bonds is 7. The Balaban J connectivity index is 1.55. The summed E-state index contributed by atoms with van der Waals surface area (Å²) < 4.78 is 20.6. The molecule has 0 saturated carbocycles. The van der Waals surface area contributed by atoms with Gasteiger partial charge in [-0.3, -0.25) is 4.79 Å². The summed E-state index contributed by atoms with van der Waals surface area (Å²) >= 11 is 1.10. The molecule has 0 aliphatic heterocycles. The lowest BCUT2D eigenvalue weighted by atomic mass is 10.1. The SMILES string of the molecule is Cc1ccc(OCc2nnc(SCC(=O)Nc3ccccc3F)n2N)c(C)c1. The van der Waals surface area contributed by atoms with E-state index < -0.39 is 5.82 Å². The van der Waals surface area contributed by atoms with Crippen molar-refractivity contribution in [2.75, 3.05) is 16.9 Å². The highest BCUT2D eigenvalue weighted by molar-refractivity contribution is 7.99. The fraction of sp³-hybridized carbons (Fsp3) is 0.211. The Morgan fingerprint density at radius 2 is 2.04 bits per heavy atom. The average molecular weight is 401 g/mol. The van der Waals surface area contributed by atoms with Gasteiger partial charge >= 0.3 is 0 Å². The summed E-state index contributed by atoms with van der Waals surface area (Å²) in [5.74, 6) is 6.32. The lowest BCUT2D eigenvalue weighted by Crippen LogP contribution is -2.18. The Labute approximate surface area is 166 Å². The van der Waals surface area contributed by atoms with Crippen LogP contribution in [0.4, 0.5) is 10.1 Å². The van der Waals surface area contributed by atoms with Crippen LogP contribution in [0, 0.1) is 19.7 Å². The van der Waals surface area contributed by atoms with E-state index >= 15 is 0 Å². The number of amides is 1. The molecule has 28 heavy (non-hydrogen) atoms. The third kappa shape index (κ3) is 4.80. The van der Waals surface area contributed by atoms with E-state index in [0.717, 1.165) is 28.6 Å². The summed E-state index contributed by atoms with van der Waals surface area (Å²) in [4.78, 5) is 12.0. The second-order valence-electron chi connectivity index (χ2n) is 6.14. The number of halogens is 1. The van der Waals surface area contributed by atoms with Gasteiger partial charge in [0.15, 0.2) is 5.82 Å². The Morgan fingerprint density at radius 3 is 2.79 bits per heavy atom. The quantitative estimate of drug-likeness (QED) is 0.467. The lowest BCUT2D eigenvalue weighted by Gasteiger charge is -2.09. The molecule has 7 nitrogen and oxygen atoms in total. The van der Waals surface area contributed by atoms with Crippen molar-refractivity contribution < 1.29 is 13.9 Å². The number of aromatic nitrogens is 3. The number of hydrogen-bond acceptors (Lipinski definition) is 6. The number of nitrogens with two attached hydrogens (primary N) is 1. The van der Waals surface area contributed by atoms with E-state index in [9.17, 15) is 9.18 Å². The number of nitrogen functional groups attached to an aromatic ring is 1. The molecule has 2 aromatic carbocycles. The monoisotopic (exact) mass is 401 g/mol. The number of nitrogens with one attached hydrogen (secondary N) is 1. The maximum Gasteiger partial charge on any atom is 0.234 e. The van der Waals surface area contributed by atoms with Gasteiger partial charge in [-0.15, -0.1) is 10.2 Å². The lowest BCUT2D eigenvalue weighted by molar-refractivity contribution is -0.113. The minimum atomic E-state index is -0.492. The molecule has 3 aromatic rings. The minimum Gasteiger partial charge on any atom is -0.485 e. The molecule has 0 atom stereocenters. The first-order valence-electron chi connectivity index (χ1n) is 8.50. The van der Waals surface area contributed by atoms with Crippen LogP contribution in [-0.4, -0.2) is 26.5 Å². The van der Waals surface area contributed by atoms with Gasteiger partial charge in [0.1, 0.15) is 18.2 Å². The second-order valence-corrected chi connectivity index (χ2v) is 7.09. The Bertz CT molecular complexity index is 992. The van der Waals surface area contributed by atoms with Gasteiger partial charge in [-0.2, -0.15) is 0 Å². The maximum absolute atomic E-state index is 13.6. The molecule has 0 fully saturated rings. The number of ether oxygens (including phenoxy) is 1. The molecule has 3 rings (SSSR count). The average Bonchev–Trinajstić information content (AvgIpc) is 3.01. The molecule has 0 radical (unpaired) electrons. The number of benzene rings is 2. The van der Waals surface area contributed by atoms with E-state index in [2.05, 4.69) is 15.5 Å². The van der Waals surface area contributed by atoms with Crippen LogP contribution in [0.5, 0.6) is 5.75 Å². The first kappa shape index (κ1) is 19.7. The second kappa shape index (κ2) is 8.75. The maximum atomic E-state index is 13.6. The molecular weight excluding hydrogens is 381 g/mol. The van der Waals surface area contributed by atoms with Crippen LogP contribution in [0.15, 0.2) is 47.6 Å². The van der Waals surface area contributed by atoms with Gasteiger partial charge in [-0.25, -0.2) is 9.07 Å². The first-order valence-corrected chi connectivity index (χ1v) is 9.49. The minimum absolute atomic E-state index is 0.0155. The Kier molecular flexibility index (Phi) is 6.15. The topological polar surface area (TPSA) is 95.1 Å². The molecule has 1 heterocycles. The summed E-state index contributed by atoms with van der Waals surface area (Å²) in [5.41, 5.74) is 2.30. The van der Waals surface area contributed by atoms with E-state index in [0.29, 0.717) is 11.0 Å². The van der Waals surface area contributed by atoms with Gasteiger partial charge in [0, 0.05) is 0 Å². The predicted molar refractivity (Wildman–Crippen MR) is 106 cm³/mol. The molecule has 0 spiro atoms. The van der Waals surface area contributed by atoms with Crippen molar-refractivity contribution in [3.8, 4) is 5.75 Å². The molecule has 0 aliphatic rings. The third-order valence-electron chi connectivity index (χ3n) is 3.90. The standard InChI is InChI=1S/C19H20FN5O2S/c1-12-7-8-16(13(2)9-12)27-10-17-23-24-19(25(17)21)28-11-18(26)22-15-6-4-3-5-14(15)20/h3-9H,10-11,21H2,1-2H3,(H,22,26). The summed E-state index contributed by atoms with van der Waals surface area (Å²) in [6.07, 6.45) is 0. The Morgan fingerprint density at radius 1 is 1.25 bits per heavy atom. The van der Waals surface area contributed by atoms with Crippen LogP contribution in [-0.2, 0) is 11.4 Å². The number of thioether (sulfide) groups is 1. The van der Waals surface area contributed by atoms with Gasteiger partial charge in [0.2, 0.25) is 11.1 Å². The van der Waals surface area contributed by atoms with Crippen molar-refractivity contribution in [2.45, 2.75) is 25.6 Å². The molecule has 1 amide bonds. The molecule has 1 aromatic heterocycles. The van der Waals surface area contributed by atoms with Crippen LogP contribution in [0.2, 0.25) is 0 Å². The van der Waals surface area contributed by atoms with Crippen LogP contribution < -0.4 is 15.9 Å². The summed E-state index contributed by atoms with van der Waals surface area (Å²) in [5, 5.41) is 10.9. The third-order valence-corrected chi connectivity index (χ3v) is 4.85. The van der Waals surface area contributed by atoms with Crippen molar-refractivity contribution in [2.24, 2.45) is 0 Å². The largest absolute Gasteiger partial charge is 0.485 e. The number of carbonyl (C=O) groups excluding carboxylic acids is 1. The highest BCUT2D eigenvalue weighted by atomic mass is 32.2. The van der Waals surface area contributed by atoms with Crippen molar-refractivity contribution in [3.63, 3.8) is 0 Å². The molecule has 9 heteroatoms. The summed E-state index contributed by atoms with van der Waals surface area (Å²) in [7, 11) is 0. The van der Waals surface area contributed by atoms with E-state index in [-0.39, 0.29) is 24.0 Å². The molecule has 0 bridgehead atoms. The normalized spacial score (nSPS) is 10.7. The van der Waals surface area contributed by atoms with Gasteiger partial charge in [0.25, 0.3) is 0 Å². The summed E-state index contributed by atoms with van der Waals surface area (Å²) in [6, 6.07) is 11.9.